The van der Waals surface area contributed by atoms with Crippen LogP contribution >= 0.6 is 11.3 Å². The Kier molecular flexibility index (Phi) is 4.39. The van der Waals surface area contributed by atoms with Gasteiger partial charge in [0.1, 0.15) is 6.04 Å². The number of amides is 1. The van der Waals surface area contributed by atoms with Crippen molar-refractivity contribution in [1.29, 1.82) is 0 Å². The fraction of sp³-hybridized carbons (Fsp3) is 0.444. The second kappa shape index (κ2) is 6.32. The minimum atomic E-state index is -0.143. The lowest BCUT2D eigenvalue weighted by Gasteiger charge is -2.37. The van der Waals surface area contributed by atoms with E-state index in [0.29, 0.717) is 5.92 Å². The number of piperazine rings is 1. The van der Waals surface area contributed by atoms with Gasteiger partial charge in [0.25, 0.3) is 0 Å². The summed E-state index contributed by atoms with van der Waals surface area (Å²) in [6, 6.07) is 8.46. The summed E-state index contributed by atoms with van der Waals surface area (Å²) in [5.41, 5.74) is 3.45. The summed E-state index contributed by atoms with van der Waals surface area (Å²) in [5, 5.41) is 3.01. The first-order chi connectivity index (χ1) is 11.0. The van der Waals surface area contributed by atoms with Gasteiger partial charge in [0.05, 0.1) is 5.69 Å². The predicted octanol–water partition coefficient (Wildman–Crippen LogP) is 3.60. The largest absolute Gasteiger partial charge is 0.342 e. The minimum Gasteiger partial charge on any atom is -0.342 e. The lowest BCUT2D eigenvalue weighted by Crippen LogP contribution is -2.54. The third kappa shape index (κ3) is 3.11. The third-order valence-electron chi connectivity index (χ3n) is 4.49. The summed E-state index contributed by atoms with van der Waals surface area (Å²) in [4.78, 5) is 20.8. The van der Waals surface area contributed by atoms with Crippen LogP contribution in [-0.2, 0) is 4.79 Å². The summed E-state index contributed by atoms with van der Waals surface area (Å²) < 4.78 is 0. The van der Waals surface area contributed by atoms with E-state index in [-0.39, 0.29) is 11.9 Å². The van der Waals surface area contributed by atoms with Crippen LogP contribution in [0.3, 0.4) is 0 Å². The molecular weight excluding hydrogens is 306 g/mol. The highest BCUT2D eigenvalue weighted by Gasteiger charge is 2.31. The number of hydrogen-bond donors (Lipinski definition) is 0. The van der Waals surface area contributed by atoms with Crippen molar-refractivity contribution in [2.24, 2.45) is 0 Å². The fourth-order valence-electron chi connectivity index (χ4n) is 2.84. The lowest BCUT2D eigenvalue weighted by molar-refractivity contribution is -0.132. The Morgan fingerprint density at radius 3 is 2.57 bits per heavy atom. The Morgan fingerprint density at radius 1 is 1.22 bits per heavy atom. The third-order valence-corrected chi connectivity index (χ3v) is 5.37. The first-order valence-electron chi connectivity index (χ1n) is 8.05. The molecule has 1 aliphatic heterocycles. The van der Waals surface area contributed by atoms with Crippen molar-refractivity contribution in [2.45, 2.75) is 32.7 Å². The number of rotatable bonds is 3. The topological polar surface area (TPSA) is 36.4 Å². The van der Waals surface area contributed by atoms with Gasteiger partial charge in [-0.25, -0.2) is 4.98 Å². The average Bonchev–Trinajstić information content (AvgIpc) is 3.02. The van der Waals surface area contributed by atoms with E-state index in [1.165, 1.54) is 5.56 Å². The van der Waals surface area contributed by atoms with Crippen LogP contribution in [0.15, 0.2) is 29.6 Å². The molecule has 23 heavy (non-hydrogen) atoms. The number of carbonyl (C=O) groups excluding carboxylic acids is 1. The molecule has 1 aromatic carbocycles. The van der Waals surface area contributed by atoms with Crippen LogP contribution in [0, 0.1) is 0 Å². The standard InChI is InChI=1S/C18H23N3OS/c1-12(2)14-5-7-15(8-6-14)16-11-23-18(19-16)21-10-9-20(4)17(22)13(21)3/h5-8,11-13H,9-10H2,1-4H3. The molecule has 1 fully saturated rings. The molecule has 0 aliphatic carbocycles. The van der Waals surface area contributed by atoms with Crippen molar-refractivity contribution in [3.63, 3.8) is 0 Å². The van der Waals surface area contributed by atoms with Crippen LogP contribution in [0.4, 0.5) is 5.13 Å². The summed E-state index contributed by atoms with van der Waals surface area (Å²) >= 11 is 1.61. The van der Waals surface area contributed by atoms with Gasteiger partial charge < -0.3 is 9.80 Å². The van der Waals surface area contributed by atoms with Crippen LogP contribution in [0.5, 0.6) is 0 Å². The van der Waals surface area contributed by atoms with Gasteiger partial charge >= 0.3 is 0 Å². The second-order valence-corrected chi connectivity index (χ2v) is 7.26. The molecule has 0 radical (unpaired) electrons. The molecule has 1 aliphatic rings. The SMILES string of the molecule is CC(C)c1ccc(-c2csc(N3CCN(C)C(=O)C3C)n2)cc1. The molecule has 2 aromatic rings. The molecule has 5 heteroatoms. The molecule has 1 atom stereocenters. The molecule has 122 valence electrons. The zero-order valence-electron chi connectivity index (χ0n) is 14.1. The molecule has 1 unspecified atom stereocenters. The van der Waals surface area contributed by atoms with Crippen LogP contribution < -0.4 is 4.90 Å². The monoisotopic (exact) mass is 329 g/mol. The lowest BCUT2D eigenvalue weighted by atomic mass is 10.0. The van der Waals surface area contributed by atoms with Gasteiger partial charge in [-0.05, 0) is 18.4 Å². The summed E-state index contributed by atoms with van der Waals surface area (Å²) in [6.07, 6.45) is 0. The highest BCUT2D eigenvalue weighted by atomic mass is 32.1. The highest BCUT2D eigenvalue weighted by molar-refractivity contribution is 7.14. The van der Waals surface area contributed by atoms with Crippen LogP contribution in [0.1, 0.15) is 32.3 Å². The van der Waals surface area contributed by atoms with Gasteiger partial charge in [0.15, 0.2) is 5.13 Å². The van der Waals surface area contributed by atoms with Crippen molar-refractivity contribution in [1.82, 2.24) is 9.88 Å². The summed E-state index contributed by atoms with van der Waals surface area (Å²) in [7, 11) is 1.86. The highest BCUT2D eigenvalue weighted by Crippen LogP contribution is 2.30. The molecule has 1 saturated heterocycles. The van der Waals surface area contributed by atoms with Crippen molar-refractivity contribution < 1.29 is 4.79 Å². The van der Waals surface area contributed by atoms with E-state index >= 15 is 0 Å². The zero-order chi connectivity index (χ0) is 16.6. The zero-order valence-corrected chi connectivity index (χ0v) is 14.9. The molecule has 0 bridgehead atoms. The van der Waals surface area contributed by atoms with Crippen molar-refractivity contribution in [2.75, 3.05) is 25.0 Å². The van der Waals surface area contributed by atoms with E-state index in [0.717, 1.165) is 29.5 Å². The normalized spacial score (nSPS) is 18.8. The van der Waals surface area contributed by atoms with E-state index < -0.39 is 0 Å². The number of nitrogens with zero attached hydrogens (tertiary/aromatic N) is 3. The van der Waals surface area contributed by atoms with E-state index in [4.69, 9.17) is 4.98 Å². The Balaban J connectivity index is 1.81. The number of anilines is 1. The molecule has 4 nitrogen and oxygen atoms in total. The number of thiazole rings is 1. The number of aromatic nitrogens is 1. The van der Waals surface area contributed by atoms with Gasteiger partial charge in [-0.2, -0.15) is 0 Å². The van der Waals surface area contributed by atoms with Crippen molar-refractivity contribution in [3.05, 3.63) is 35.2 Å². The molecule has 0 N–H and O–H groups in total. The summed E-state index contributed by atoms with van der Waals surface area (Å²) in [6.45, 7) is 7.93. The molecule has 0 spiro atoms. The molecule has 1 aromatic heterocycles. The maximum atomic E-state index is 12.1. The van der Waals surface area contributed by atoms with E-state index in [9.17, 15) is 4.79 Å². The van der Waals surface area contributed by atoms with Gasteiger partial charge in [-0.15, -0.1) is 11.3 Å². The quantitative estimate of drug-likeness (QED) is 0.863. The Hall–Kier alpha value is -1.88. The number of hydrogen-bond acceptors (Lipinski definition) is 4. The van der Waals surface area contributed by atoms with E-state index in [1.54, 1.807) is 16.2 Å². The van der Waals surface area contributed by atoms with Crippen molar-refractivity contribution >= 4 is 22.4 Å². The number of benzene rings is 1. The Morgan fingerprint density at radius 2 is 1.91 bits per heavy atom. The average molecular weight is 329 g/mol. The molecule has 2 heterocycles. The maximum Gasteiger partial charge on any atom is 0.244 e. The van der Waals surface area contributed by atoms with Crippen molar-refractivity contribution in [3.8, 4) is 11.3 Å². The predicted molar refractivity (Wildman–Crippen MR) is 96.1 cm³/mol. The minimum absolute atomic E-state index is 0.143. The Bertz CT molecular complexity index is 693. The van der Waals surface area contributed by atoms with Crippen LogP contribution in [0.25, 0.3) is 11.3 Å². The number of likely N-dealkylation sites (N-methyl/N-ethyl adjacent to an activating group) is 1. The van der Waals surface area contributed by atoms with E-state index in [2.05, 4.69) is 48.4 Å². The molecular formula is C18H23N3OS. The van der Waals surface area contributed by atoms with Gasteiger partial charge in [0.2, 0.25) is 5.91 Å². The first-order valence-corrected chi connectivity index (χ1v) is 8.93. The maximum absolute atomic E-state index is 12.1. The smallest absolute Gasteiger partial charge is 0.244 e. The second-order valence-electron chi connectivity index (χ2n) is 6.42. The van der Waals surface area contributed by atoms with E-state index in [1.807, 2.05) is 14.0 Å². The van der Waals surface area contributed by atoms with Crippen LogP contribution in [-0.4, -0.2) is 42.0 Å². The van der Waals surface area contributed by atoms with Crippen LogP contribution in [0.2, 0.25) is 0 Å². The van der Waals surface area contributed by atoms with Gasteiger partial charge in [0, 0.05) is 31.1 Å². The first kappa shape index (κ1) is 16.0. The number of carbonyl (C=O) groups is 1. The summed E-state index contributed by atoms with van der Waals surface area (Å²) in [5.74, 6) is 0.696. The van der Waals surface area contributed by atoms with Gasteiger partial charge in [-0.3, -0.25) is 4.79 Å². The fourth-order valence-corrected chi connectivity index (χ4v) is 3.78. The molecule has 0 saturated carbocycles. The Labute approximate surface area is 141 Å². The van der Waals surface area contributed by atoms with Gasteiger partial charge in [-0.1, -0.05) is 38.1 Å². The molecule has 1 amide bonds. The molecule has 3 rings (SSSR count).